The predicted molar refractivity (Wildman–Crippen MR) is 105 cm³/mol. The number of nitrogens with one attached hydrogen (secondary N) is 3. The Bertz CT molecular complexity index is 734. The molecular formula is C21H27N3O2. The Hall–Kier alpha value is -2.66. The van der Waals surface area contributed by atoms with E-state index in [4.69, 9.17) is 0 Å². The van der Waals surface area contributed by atoms with Gasteiger partial charge in [-0.1, -0.05) is 30.3 Å². The molecule has 1 unspecified atom stereocenters. The lowest BCUT2D eigenvalue weighted by Crippen LogP contribution is -2.40. The summed E-state index contributed by atoms with van der Waals surface area (Å²) in [6.45, 7) is 8.03. The van der Waals surface area contributed by atoms with E-state index >= 15 is 0 Å². The molecule has 1 atom stereocenters. The van der Waals surface area contributed by atoms with Crippen LogP contribution < -0.4 is 16.0 Å². The molecule has 0 bridgehead atoms. The Morgan fingerprint density at radius 3 is 2.15 bits per heavy atom. The fourth-order valence-electron chi connectivity index (χ4n) is 2.43. The second-order valence-corrected chi connectivity index (χ2v) is 7.34. The van der Waals surface area contributed by atoms with E-state index in [1.807, 2.05) is 58.0 Å². The first-order valence-corrected chi connectivity index (χ1v) is 8.75. The lowest BCUT2D eigenvalue weighted by atomic mass is 10.1. The Kier molecular flexibility index (Phi) is 6.52. The number of hydrogen-bond donors (Lipinski definition) is 3. The third-order valence-electron chi connectivity index (χ3n) is 3.79. The van der Waals surface area contributed by atoms with Gasteiger partial charge in [0.2, 0.25) is 5.91 Å². The van der Waals surface area contributed by atoms with Gasteiger partial charge in [-0.3, -0.25) is 9.59 Å². The molecule has 0 saturated heterocycles. The molecule has 2 rings (SSSR count). The van der Waals surface area contributed by atoms with E-state index in [2.05, 4.69) is 16.0 Å². The van der Waals surface area contributed by atoms with Gasteiger partial charge in [-0.05, 0) is 57.5 Å². The normalized spacial score (nSPS) is 12.3. The number of carbonyl (C=O) groups excluding carboxylic acids is 2. The van der Waals surface area contributed by atoms with Gasteiger partial charge in [0.15, 0.2) is 0 Å². The molecule has 0 heterocycles. The zero-order valence-corrected chi connectivity index (χ0v) is 15.8. The smallest absolute Gasteiger partial charge is 0.251 e. The van der Waals surface area contributed by atoms with E-state index in [1.165, 1.54) is 0 Å². The van der Waals surface area contributed by atoms with Crippen LogP contribution in [0.4, 0.5) is 5.69 Å². The molecule has 5 heteroatoms. The molecule has 5 nitrogen and oxygen atoms in total. The lowest BCUT2D eigenvalue weighted by molar-refractivity contribution is -0.115. The SMILES string of the molecule is CC(NCC(=O)Nc1ccc(C(=O)NC(C)(C)C)cc1)c1ccccc1. The number of carbonyl (C=O) groups is 2. The maximum absolute atomic E-state index is 12.1. The van der Waals surface area contributed by atoms with Crippen LogP contribution in [-0.2, 0) is 4.79 Å². The van der Waals surface area contributed by atoms with Crippen molar-refractivity contribution in [1.82, 2.24) is 10.6 Å². The van der Waals surface area contributed by atoms with Crippen LogP contribution in [0.1, 0.15) is 49.7 Å². The summed E-state index contributed by atoms with van der Waals surface area (Å²) in [6, 6.07) is 16.9. The Balaban J connectivity index is 1.84. The predicted octanol–water partition coefficient (Wildman–Crippen LogP) is 3.50. The molecule has 0 radical (unpaired) electrons. The molecule has 2 amide bonds. The third-order valence-corrected chi connectivity index (χ3v) is 3.79. The average Bonchev–Trinajstić information content (AvgIpc) is 2.59. The zero-order chi connectivity index (χ0) is 19.2. The van der Waals surface area contributed by atoms with Gasteiger partial charge in [0, 0.05) is 22.8 Å². The molecular weight excluding hydrogens is 326 g/mol. The van der Waals surface area contributed by atoms with Gasteiger partial charge in [-0.2, -0.15) is 0 Å². The van der Waals surface area contributed by atoms with Crippen molar-refractivity contribution in [2.45, 2.75) is 39.3 Å². The lowest BCUT2D eigenvalue weighted by Gasteiger charge is -2.20. The molecule has 26 heavy (non-hydrogen) atoms. The number of hydrogen-bond acceptors (Lipinski definition) is 3. The van der Waals surface area contributed by atoms with Crippen LogP contribution in [0, 0.1) is 0 Å². The number of rotatable bonds is 6. The first-order chi connectivity index (χ1) is 12.2. The van der Waals surface area contributed by atoms with E-state index < -0.39 is 0 Å². The van der Waals surface area contributed by atoms with E-state index in [0.29, 0.717) is 11.3 Å². The summed E-state index contributed by atoms with van der Waals surface area (Å²) in [7, 11) is 0. The van der Waals surface area contributed by atoms with Crippen LogP contribution in [-0.4, -0.2) is 23.9 Å². The summed E-state index contributed by atoms with van der Waals surface area (Å²) in [5.41, 5.74) is 2.07. The van der Waals surface area contributed by atoms with Crippen molar-refractivity contribution < 1.29 is 9.59 Å². The standard InChI is InChI=1S/C21H27N3O2/c1-15(16-8-6-5-7-9-16)22-14-19(25)23-18-12-10-17(11-13-18)20(26)24-21(2,3)4/h5-13,15,22H,14H2,1-4H3,(H,23,25)(H,24,26). The fourth-order valence-corrected chi connectivity index (χ4v) is 2.43. The second-order valence-electron chi connectivity index (χ2n) is 7.34. The molecule has 2 aromatic carbocycles. The van der Waals surface area contributed by atoms with Crippen LogP contribution in [0.5, 0.6) is 0 Å². The minimum absolute atomic E-state index is 0.0884. The van der Waals surface area contributed by atoms with E-state index in [9.17, 15) is 9.59 Å². The van der Waals surface area contributed by atoms with Crippen LogP contribution in [0.25, 0.3) is 0 Å². The average molecular weight is 353 g/mol. The highest BCUT2D eigenvalue weighted by atomic mass is 16.2. The summed E-state index contributed by atoms with van der Waals surface area (Å²) >= 11 is 0. The van der Waals surface area contributed by atoms with Crippen molar-refractivity contribution in [2.24, 2.45) is 0 Å². The Morgan fingerprint density at radius 1 is 0.962 bits per heavy atom. The van der Waals surface area contributed by atoms with E-state index in [0.717, 1.165) is 5.56 Å². The van der Waals surface area contributed by atoms with E-state index in [1.54, 1.807) is 24.3 Å². The van der Waals surface area contributed by atoms with Crippen molar-refractivity contribution in [3.63, 3.8) is 0 Å². The zero-order valence-electron chi connectivity index (χ0n) is 15.8. The minimum Gasteiger partial charge on any atom is -0.347 e. The van der Waals surface area contributed by atoms with Crippen molar-refractivity contribution in [2.75, 3.05) is 11.9 Å². The molecule has 0 aliphatic heterocycles. The maximum Gasteiger partial charge on any atom is 0.251 e. The summed E-state index contributed by atoms with van der Waals surface area (Å²) in [4.78, 5) is 24.2. The summed E-state index contributed by atoms with van der Waals surface area (Å²) in [6.07, 6.45) is 0. The molecule has 0 aliphatic carbocycles. The van der Waals surface area contributed by atoms with Crippen LogP contribution in [0.3, 0.4) is 0 Å². The highest BCUT2D eigenvalue weighted by Crippen LogP contribution is 2.12. The van der Waals surface area contributed by atoms with Crippen LogP contribution in [0.15, 0.2) is 54.6 Å². The van der Waals surface area contributed by atoms with Crippen molar-refractivity contribution in [3.8, 4) is 0 Å². The van der Waals surface area contributed by atoms with Gasteiger partial charge in [0.25, 0.3) is 5.91 Å². The Morgan fingerprint density at radius 2 is 1.58 bits per heavy atom. The molecule has 138 valence electrons. The Labute approximate surface area is 155 Å². The molecule has 0 aliphatic rings. The quantitative estimate of drug-likeness (QED) is 0.744. The maximum atomic E-state index is 12.1. The molecule has 0 aromatic heterocycles. The van der Waals surface area contributed by atoms with Crippen molar-refractivity contribution in [1.29, 1.82) is 0 Å². The summed E-state index contributed by atoms with van der Waals surface area (Å²) in [5, 5.41) is 8.94. The fraction of sp³-hybridized carbons (Fsp3) is 0.333. The molecule has 0 spiro atoms. The molecule has 0 saturated carbocycles. The van der Waals surface area contributed by atoms with Gasteiger partial charge in [-0.25, -0.2) is 0 Å². The molecule has 0 fully saturated rings. The summed E-state index contributed by atoms with van der Waals surface area (Å²) in [5.74, 6) is -0.256. The topological polar surface area (TPSA) is 70.2 Å². The van der Waals surface area contributed by atoms with Gasteiger partial charge < -0.3 is 16.0 Å². The molecule has 3 N–H and O–H groups in total. The minimum atomic E-state index is -0.287. The van der Waals surface area contributed by atoms with Gasteiger partial charge in [0.1, 0.15) is 0 Å². The highest BCUT2D eigenvalue weighted by molar-refractivity contribution is 5.96. The third kappa shape index (κ3) is 6.33. The van der Waals surface area contributed by atoms with Gasteiger partial charge >= 0.3 is 0 Å². The highest BCUT2D eigenvalue weighted by Gasteiger charge is 2.15. The van der Waals surface area contributed by atoms with Crippen molar-refractivity contribution >= 4 is 17.5 Å². The van der Waals surface area contributed by atoms with Crippen LogP contribution in [0.2, 0.25) is 0 Å². The number of benzene rings is 2. The number of amides is 2. The van der Waals surface area contributed by atoms with Gasteiger partial charge in [0.05, 0.1) is 6.54 Å². The molecule has 2 aromatic rings. The van der Waals surface area contributed by atoms with E-state index in [-0.39, 0.29) is 29.9 Å². The first-order valence-electron chi connectivity index (χ1n) is 8.75. The second kappa shape index (κ2) is 8.63. The monoisotopic (exact) mass is 353 g/mol. The first kappa shape index (κ1) is 19.7. The van der Waals surface area contributed by atoms with Crippen LogP contribution >= 0.6 is 0 Å². The van der Waals surface area contributed by atoms with Crippen molar-refractivity contribution in [3.05, 3.63) is 65.7 Å². The van der Waals surface area contributed by atoms with Gasteiger partial charge in [-0.15, -0.1) is 0 Å². The number of anilines is 1. The largest absolute Gasteiger partial charge is 0.347 e. The summed E-state index contributed by atoms with van der Waals surface area (Å²) < 4.78 is 0.